The normalized spacial score (nSPS) is 18.1. The molecule has 3 aromatic carbocycles. The van der Waals surface area contributed by atoms with E-state index in [2.05, 4.69) is 0 Å². The van der Waals surface area contributed by atoms with Gasteiger partial charge in [-0.2, -0.15) is 26.3 Å². The maximum Gasteiger partial charge on any atom is 0.416 e. The number of carboxylic acid groups (broad SMARTS) is 1. The Morgan fingerprint density at radius 2 is 1.46 bits per heavy atom. The minimum Gasteiger partial charge on any atom is -0.481 e. The number of hydrogen-bond donors (Lipinski definition) is 1. The fourth-order valence-corrected chi connectivity index (χ4v) is 4.95. The molecule has 4 rings (SSSR count). The van der Waals surface area contributed by atoms with Crippen LogP contribution in [0.2, 0.25) is 10.0 Å². The molecule has 1 amide bonds. The van der Waals surface area contributed by atoms with E-state index in [-0.39, 0.29) is 32.8 Å². The molecule has 4 nitrogen and oxygen atoms in total. The Morgan fingerprint density at radius 3 is 2.00 bits per heavy atom. The molecule has 1 heterocycles. The molecule has 2 atom stereocenters. The van der Waals surface area contributed by atoms with Crippen molar-refractivity contribution in [2.45, 2.75) is 30.9 Å². The second-order valence-corrected chi connectivity index (χ2v) is 9.20. The van der Waals surface area contributed by atoms with Crippen molar-refractivity contribution in [2.24, 2.45) is 0 Å². The maximum atomic E-state index is 13.5. The fraction of sp³-hybridized carbons (Fsp3) is 0.200. The number of hydrogen-bond acceptors (Lipinski definition) is 2. The van der Waals surface area contributed by atoms with E-state index >= 15 is 0 Å². The molecule has 1 aliphatic heterocycles. The molecule has 12 heteroatoms. The topological polar surface area (TPSA) is 57.6 Å². The summed E-state index contributed by atoms with van der Waals surface area (Å²) in [7, 11) is 0. The molecule has 0 aliphatic carbocycles. The standard InChI is InChI=1S/C25H15Cl2F6NO3/c26-15-5-6-18(19(27)10-15)21-20(23(36)37)16-3-1-2-4-17(16)22(35)34(21)11-12-7-13(24(28,29)30)9-14(8-12)25(31,32)33/h1-10,20-21H,11H2,(H,36,37). The van der Waals surface area contributed by atoms with Gasteiger partial charge in [-0.05, 0) is 53.1 Å². The van der Waals surface area contributed by atoms with Crippen LogP contribution in [0, 0.1) is 0 Å². The van der Waals surface area contributed by atoms with Crippen LogP contribution in [0.25, 0.3) is 0 Å². The first-order valence-corrected chi connectivity index (χ1v) is 11.3. The number of fused-ring (bicyclic) bond motifs is 1. The molecule has 37 heavy (non-hydrogen) atoms. The van der Waals surface area contributed by atoms with Gasteiger partial charge in [0.25, 0.3) is 5.91 Å². The Hall–Kier alpha value is -3.24. The minimum atomic E-state index is -5.10. The summed E-state index contributed by atoms with van der Waals surface area (Å²) in [6, 6.07) is 9.41. The highest BCUT2D eigenvalue weighted by atomic mass is 35.5. The van der Waals surface area contributed by atoms with Crippen molar-refractivity contribution in [3.05, 3.63) is 104 Å². The van der Waals surface area contributed by atoms with Gasteiger partial charge >= 0.3 is 18.3 Å². The number of carbonyl (C=O) groups is 2. The number of carboxylic acids is 1. The first-order chi connectivity index (χ1) is 17.2. The molecule has 0 fully saturated rings. The number of carbonyl (C=O) groups excluding carboxylic acids is 1. The third-order valence-electron chi connectivity index (χ3n) is 5.99. The fourth-order valence-electron chi connectivity index (χ4n) is 4.43. The zero-order valence-corrected chi connectivity index (χ0v) is 19.9. The van der Waals surface area contributed by atoms with Crippen molar-refractivity contribution >= 4 is 35.1 Å². The van der Waals surface area contributed by atoms with Crippen molar-refractivity contribution in [3.63, 3.8) is 0 Å². The van der Waals surface area contributed by atoms with Crippen molar-refractivity contribution in [1.82, 2.24) is 4.90 Å². The summed E-state index contributed by atoms with van der Waals surface area (Å²) in [5.41, 5.74) is -3.40. The molecule has 3 aromatic rings. The van der Waals surface area contributed by atoms with E-state index in [0.717, 1.165) is 4.90 Å². The summed E-state index contributed by atoms with van der Waals surface area (Å²) in [4.78, 5) is 26.9. The van der Waals surface area contributed by atoms with Gasteiger partial charge in [0.2, 0.25) is 0 Å². The van der Waals surface area contributed by atoms with Crippen molar-refractivity contribution in [3.8, 4) is 0 Å². The average Bonchev–Trinajstić information content (AvgIpc) is 2.79. The minimum absolute atomic E-state index is 0.0234. The van der Waals surface area contributed by atoms with Crippen molar-refractivity contribution in [2.75, 3.05) is 0 Å². The number of nitrogens with zero attached hydrogens (tertiary/aromatic N) is 1. The monoisotopic (exact) mass is 561 g/mol. The summed E-state index contributed by atoms with van der Waals surface area (Å²) < 4.78 is 80.6. The third kappa shape index (κ3) is 5.26. The molecule has 0 saturated heterocycles. The van der Waals surface area contributed by atoms with Crippen molar-refractivity contribution in [1.29, 1.82) is 0 Å². The van der Waals surface area contributed by atoms with E-state index in [0.29, 0.717) is 12.1 Å². The first kappa shape index (κ1) is 26.8. The van der Waals surface area contributed by atoms with Crippen LogP contribution in [0.3, 0.4) is 0 Å². The molecular weight excluding hydrogens is 547 g/mol. The van der Waals surface area contributed by atoms with Crippen LogP contribution in [0.4, 0.5) is 26.3 Å². The lowest BCUT2D eigenvalue weighted by Crippen LogP contribution is -2.44. The second kappa shape index (κ2) is 9.57. The lowest BCUT2D eigenvalue weighted by atomic mass is 9.79. The van der Waals surface area contributed by atoms with E-state index in [9.17, 15) is 41.0 Å². The molecule has 0 saturated carbocycles. The van der Waals surface area contributed by atoms with Gasteiger partial charge < -0.3 is 10.0 Å². The number of amides is 1. The van der Waals surface area contributed by atoms with Gasteiger partial charge in [-0.15, -0.1) is 0 Å². The molecular formula is C25H15Cl2F6NO3. The maximum absolute atomic E-state index is 13.5. The van der Waals surface area contributed by atoms with Crippen LogP contribution in [-0.4, -0.2) is 21.9 Å². The van der Waals surface area contributed by atoms with E-state index in [1.165, 1.54) is 42.5 Å². The number of benzene rings is 3. The van der Waals surface area contributed by atoms with Gasteiger partial charge in [-0.1, -0.05) is 47.5 Å². The van der Waals surface area contributed by atoms with Gasteiger partial charge in [0.15, 0.2) is 0 Å². The van der Waals surface area contributed by atoms with Gasteiger partial charge in [-0.3, -0.25) is 9.59 Å². The SMILES string of the molecule is O=C(O)C1c2ccccc2C(=O)N(Cc2cc(C(F)(F)F)cc(C(F)(F)F)c2)C1c1ccc(Cl)cc1Cl. The molecule has 2 unspecified atom stereocenters. The summed E-state index contributed by atoms with van der Waals surface area (Å²) in [5.74, 6) is -3.59. The Bertz CT molecular complexity index is 1360. The summed E-state index contributed by atoms with van der Waals surface area (Å²) in [6.45, 7) is -0.756. The largest absolute Gasteiger partial charge is 0.481 e. The van der Waals surface area contributed by atoms with E-state index in [1.54, 1.807) is 0 Å². The molecule has 0 radical (unpaired) electrons. The summed E-state index contributed by atoms with van der Waals surface area (Å²) in [5, 5.41) is 10.3. The van der Waals surface area contributed by atoms with Gasteiger partial charge in [0, 0.05) is 22.2 Å². The highest BCUT2D eigenvalue weighted by Gasteiger charge is 2.45. The second-order valence-electron chi connectivity index (χ2n) is 8.36. The molecule has 1 aliphatic rings. The number of aliphatic carboxylic acids is 1. The van der Waals surface area contributed by atoms with Crippen LogP contribution < -0.4 is 0 Å². The van der Waals surface area contributed by atoms with Crippen LogP contribution in [0.1, 0.15) is 50.1 Å². The number of rotatable bonds is 4. The highest BCUT2D eigenvalue weighted by molar-refractivity contribution is 6.35. The highest BCUT2D eigenvalue weighted by Crippen LogP contribution is 2.46. The van der Waals surface area contributed by atoms with Gasteiger partial charge in [0.1, 0.15) is 5.92 Å². The van der Waals surface area contributed by atoms with Crippen LogP contribution >= 0.6 is 23.2 Å². The molecule has 0 bridgehead atoms. The number of alkyl halides is 6. The van der Waals surface area contributed by atoms with E-state index in [4.69, 9.17) is 23.2 Å². The van der Waals surface area contributed by atoms with Crippen LogP contribution in [0.15, 0.2) is 60.7 Å². The summed E-state index contributed by atoms with van der Waals surface area (Å²) in [6.07, 6.45) is -10.2. The van der Waals surface area contributed by atoms with Crippen LogP contribution in [0.5, 0.6) is 0 Å². The predicted octanol–water partition coefficient (Wildman–Crippen LogP) is 7.60. The summed E-state index contributed by atoms with van der Waals surface area (Å²) >= 11 is 12.3. The Labute approximate surface area is 216 Å². The van der Waals surface area contributed by atoms with Crippen LogP contribution in [-0.2, 0) is 23.7 Å². The lowest BCUT2D eigenvalue weighted by Gasteiger charge is -2.41. The lowest BCUT2D eigenvalue weighted by molar-refractivity contribution is -0.143. The Balaban J connectivity index is 1.93. The Kier molecular flexibility index (Phi) is 6.94. The average molecular weight is 562 g/mol. The zero-order valence-electron chi connectivity index (χ0n) is 18.4. The quantitative estimate of drug-likeness (QED) is 0.334. The smallest absolute Gasteiger partial charge is 0.416 e. The zero-order chi connectivity index (χ0) is 27.3. The predicted molar refractivity (Wildman–Crippen MR) is 122 cm³/mol. The number of halogens is 8. The van der Waals surface area contributed by atoms with Gasteiger partial charge in [-0.25, -0.2) is 0 Å². The molecule has 194 valence electrons. The van der Waals surface area contributed by atoms with Gasteiger partial charge in [0.05, 0.1) is 17.2 Å². The van der Waals surface area contributed by atoms with Crippen molar-refractivity contribution < 1.29 is 41.0 Å². The van der Waals surface area contributed by atoms with E-state index in [1.807, 2.05) is 0 Å². The molecule has 1 N–H and O–H groups in total. The third-order valence-corrected chi connectivity index (χ3v) is 6.55. The molecule has 0 aromatic heterocycles. The first-order valence-electron chi connectivity index (χ1n) is 10.5. The van der Waals surface area contributed by atoms with E-state index < -0.39 is 59.4 Å². The molecule has 0 spiro atoms. The Morgan fingerprint density at radius 1 is 0.865 bits per heavy atom.